The van der Waals surface area contributed by atoms with E-state index in [1.54, 1.807) is 6.92 Å². The van der Waals surface area contributed by atoms with Crippen molar-refractivity contribution in [3.05, 3.63) is 44.2 Å². The van der Waals surface area contributed by atoms with E-state index in [9.17, 15) is 22.8 Å². The van der Waals surface area contributed by atoms with Gasteiger partial charge >= 0.3 is 12.1 Å². The van der Waals surface area contributed by atoms with Gasteiger partial charge in [0.25, 0.3) is 0 Å². The van der Waals surface area contributed by atoms with Gasteiger partial charge in [-0.25, -0.2) is 4.79 Å². The molecule has 1 heterocycles. The first-order valence-electron chi connectivity index (χ1n) is 5.85. The Labute approximate surface area is 125 Å². The van der Waals surface area contributed by atoms with Crippen molar-refractivity contribution in [1.82, 2.24) is 4.98 Å². The summed E-state index contributed by atoms with van der Waals surface area (Å²) in [5, 5.41) is -0.234. The lowest BCUT2D eigenvalue weighted by atomic mass is 10.1. The number of H-pyrrole nitrogens is 1. The van der Waals surface area contributed by atoms with E-state index in [1.165, 1.54) is 6.07 Å². The molecule has 0 aliphatic carbocycles. The van der Waals surface area contributed by atoms with Crippen molar-refractivity contribution in [3.63, 3.8) is 0 Å². The number of ether oxygens (including phenoxy) is 1. The van der Waals surface area contributed by atoms with E-state index in [2.05, 4.69) is 20.9 Å². The van der Waals surface area contributed by atoms with Crippen molar-refractivity contribution < 1.29 is 22.7 Å². The molecule has 8 heteroatoms. The molecule has 0 atom stereocenters. The molecule has 0 radical (unpaired) electrons. The van der Waals surface area contributed by atoms with E-state index in [0.29, 0.717) is 0 Å². The summed E-state index contributed by atoms with van der Waals surface area (Å²) in [6.07, 6.45) is -3.69. The summed E-state index contributed by atoms with van der Waals surface area (Å²) >= 11 is 2.93. The molecule has 1 aromatic carbocycles. The normalized spacial score (nSPS) is 11.7. The van der Waals surface area contributed by atoms with Crippen LogP contribution < -0.4 is 5.43 Å². The number of benzene rings is 1. The first kappa shape index (κ1) is 15.6. The topological polar surface area (TPSA) is 59.2 Å². The Morgan fingerprint density at radius 1 is 1.38 bits per heavy atom. The standard InChI is InChI=1S/C13H9BrF3NO3/c1-2-21-12(20)8-5-18-10-7(11(8)19)3-6(14)4-9(10)13(15,16)17/h3-5H,2H2,1H3,(H,18,19). The van der Waals surface area contributed by atoms with Crippen LogP contribution in [0.4, 0.5) is 13.2 Å². The third kappa shape index (κ3) is 2.94. The fourth-order valence-corrected chi connectivity index (χ4v) is 2.34. The van der Waals surface area contributed by atoms with Crippen LogP contribution in [0.15, 0.2) is 27.6 Å². The molecule has 0 fully saturated rings. The highest BCUT2D eigenvalue weighted by molar-refractivity contribution is 9.10. The number of carbonyl (C=O) groups is 1. The molecule has 2 rings (SSSR count). The van der Waals surface area contributed by atoms with Gasteiger partial charge in [0.05, 0.1) is 17.7 Å². The molecule has 1 aromatic heterocycles. The predicted octanol–water partition coefficient (Wildman–Crippen LogP) is 3.49. The number of halogens is 4. The Morgan fingerprint density at radius 3 is 2.62 bits per heavy atom. The van der Waals surface area contributed by atoms with E-state index in [-0.39, 0.29) is 27.5 Å². The van der Waals surface area contributed by atoms with Gasteiger partial charge in [0.15, 0.2) is 0 Å². The minimum absolute atomic E-state index is 0.0581. The van der Waals surface area contributed by atoms with Crippen molar-refractivity contribution in [2.75, 3.05) is 6.61 Å². The molecule has 0 spiro atoms. The zero-order chi connectivity index (χ0) is 15.8. The number of esters is 1. The van der Waals surface area contributed by atoms with E-state index in [0.717, 1.165) is 12.3 Å². The minimum Gasteiger partial charge on any atom is -0.462 e. The van der Waals surface area contributed by atoms with Crippen LogP contribution in [0, 0.1) is 0 Å². The first-order valence-corrected chi connectivity index (χ1v) is 6.64. The number of fused-ring (bicyclic) bond motifs is 1. The van der Waals surface area contributed by atoms with Crippen molar-refractivity contribution >= 4 is 32.8 Å². The summed E-state index contributed by atoms with van der Waals surface area (Å²) in [6, 6.07) is 2.09. The third-order valence-corrected chi connectivity index (χ3v) is 3.21. The molecule has 0 aliphatic rings. The van der Waals surface area contributed by atoms with Crippen molar-refractivity contribution in [3.8, 4) is 0 Å². The summed E-state index contributed by atoms with van der Waals surface area (Å²) in [5.41, 5.74) is -2.51. The van der Waals surface area contributed by atoms with E-state index < -0.39 is 23.1 Å². The fraction of sp³-hybridized carbons (Fsp3) is 0.231. The number of aromatic nitrogens is 1. The number of carbonyl (C=O) groups excluding carboxylic acids is 1. The average molecular weight is 364 g/mol. The quantitative estimate of drug-likeness (QED) is 0.830. The fourth-order valence-electron chi connectivity index (χ4n) is 1.88. The molecule has 2 aromatic rings. The lowest BCUT2D eigenvalue weighted by Crippen LogP contribution is -2.19. The predicted molar refractivity (Wildman–Crippen MR) is 73.2 cm³/mol. The molecular weight excluding hydrogens is 355 g/mol. The van der Waals surface area contributed by atoms with Gasteiger partial charge in [-0.15, -0.1) is 0 Å². The molecule has 0 saturated carbocycles. The smallest absolute Gasteiger partial charge is 0.418 e. The summed E-state index contributed by atoms with van der Waals surface area (Å²) < 4.78 is 43.7. The van der Waals surface area contributed by atoms with Crippen molar-refractivity contribution in [2.24, 2.45) is 0 Å². The highest BCUT2D eigenvalue weighted by Crippen LogP contribution is 2.35. The van der Waals surface area contributed by atoms with Crippen LogP contribution in [-0.2, 0) is 10.9 Å². The second-order valence-corrected chi connectivity index (χ2v) is 5.04. The van der Waals surface area contributed by atoms with Crippen LogP contribution in [0.1, 0.15) is 22.8 Å². The zero-order valence-electron chi connectivity index (χ0n) is 10.7. The maximum atomic E-state index is 13.0. The second kappa shape index (κ2) is 5.51. The molecular formula is C13H9BrF3NO3. The van der Waals surface area contributed by atoms with Gasteiger partial charge in [-0.3, -0.25) is 4.79 Å². The minimum atomic E-state index is -4.63. The number of hydrogen-bond donors (Lipinski definition) is 1. The number of aromatic amines is 1. The Morgan fingerprint density at radius 2 is 2.05 bits per heavy atom. The average Bonchev–Trinajstić information content (AvgIpc) is 2.38. The molecule has 0 saturated heterocycles. The Kier molecular flexibility index (Phi) is 4.08. The highest BCUT2D eigenvalue weighted by atomic mass is 79.9. The van der Waals surface area contributed by atoms with E-state index >= 15 is 0 Å². The Hall–Kier alpha value is -1.83. The van der Waals surface area contributed by atoms with Gasteiger partial charge in [-0.05, 0) is 19.1 Å². The first-order chi connectivity index (χ1) is 9.75. The van der Waals surface area contributed by atoms with Crippen LogP contribution in [0.25, 0.3) is 10.9 Å². The number of hydrogen-bond acceptors (Lipinski definition) is 3. The largest absolute Gasteiger partial charge is 0.462 e. The van der Waals surface area contributed by atoms with Crippen LogP contribution in [-0.4, -0.2) is 17.6 Å². The van der Waals surface area contributed by atoms with Crippen LogP contribution >= 0.6 is 15.9 Å². The van der Waals surface area contributed by atoms with Gasteiger partial charge in [0.2, 0.25) is 5.43 Å². The second-order valence-electron chi connectivity index (χ2n) is 4.13. The Bertz CT molecular complexity index is 768. The number of pyridine rings is 1. The van der Waals surface area contributed by atoms with Gasteiger partial charge in [-0.1, -0.05) is 15.9 Å². The van der Waals surface area contributed by atoms with Gasteiger partial charge in [-0.2, -0.15) is 13.2 Å². The van der Waals surface area contributed by atoms with E-state index in [4.69, 9.17) is 4.74 Å². The number of nitrogens with one attached hydrogen (secondary N) is 1. The van der Waals surface area contributed by atoms with Gasteiger partial charge < -0.3 is 9.72 Å². The molecule has 4 nitrogen and oxygen atoms in total. The summed E-state index contributed by atoms with van der Waals surface area (Å²) in [5.74, 6) is -0.880. The SMILES string of the molecule is CCOC(=O)c1c[nH]c2c(C(F)(F)F)cc(Br)cc2c1=O. The van der Waals surface area contributed by atoms with E-state index in [1.807, 2.05) is 0 Å². The number of rotatable bonds is 2. The number of alkyl halides is 3. The van der Waals surface area contributed by atoms with Gasteiger partial charge in [0.1, 0.15) is 5.56 Å². The molecule has 0 unspecified atom stereocenters. The van der Waals surface area contributed by atoms with Crippen LogP contribution in [0.2, 0.25) is 0 Å². The summed E-state index contributed by atoms with van der Waals surface area (Å²) in [4.78, 5) is 26.1. The Balaban J connectivity index is 2.78. The van der Waals surface area contributed by atoms with Crippen LogP contribution in [0.5, 0.6) is 0 Å². The summed E-state index contributed by atoms with van der Waals surface area (Å²) in [7, 11) is 0. The summed E-state index contributed by atoms with van der Waals surface area (Å²) in [6.45, 7) is 1.62. The molecule has 21 heavy (non-hydrogen) atoms. The van der Waals surface area contributed by atoms with Crippen molar-refractivity contribution in [2.45, 2.75) is 13.1 Å². The zero-order valence-corrected chi connectivity index (χ0v) is 12.3. The lowest BCUT2D eigenvalue weighted by Gasteiger charge is -2.11. The van der Waals surface area contributed by atoms with Gasteiger partial charge in [0, 0.05) is 16.1 Å². The third-order valence-electron chi connectivity index (χ3n) is 2.75. The van der Waals surface area contributed by atoms with Crippen LogP contribution in [0.3, 0.4) is 0 Å². The molecule has 112 valence electrons. The lowest BCUT2D eigenvalue weighted by molar-refractivity contribution is -0.136. The highest BCUT2D eigenvalue weighted by Gasteiger charge is 2.34. The maximum absolute atomic E-state index is 13.0. The molecule has 1 N–H and O–H groups in total. The van der Waals surface area contributed by atoms with Crippen molar-refractivity contribution in [1.29, 1.82) is 0 Å². The molecule has 0 bridgehead atoms. The maximum Gasteiger partial charge on any atom is 0.418 e. The molecule has 0 aliphatic heterocycles. The molecule has 0 amide bonds. The monoisotopic (exact) mass is 363 g/mol.